The fraction of sp³-hybridized carbons (Fsp3) is 0.700. The van der Waals surface area contributed by atoms with Crippen LogP contribution in [0.5, 0.6) is 0 Å². The van der Waals surface area contributed by atoms with Crippen molar-refractivity contribution in [3.63, 3.8) is 0 Å². The Morgan fingerprint density at radius 1 is 1.25 bits per heavy atom. The van der Waals surface area contributed by atoms with Crippen molar-refractivity contribution < 1.29 is 28.6 Å². The molecule has 2 aromatic rings. The van der Waals surface area contributed by atoms with Crippen molar-refractivity contribution in [2.75, 3.05) is 26.5 Å². The van der Waals surface area contributed by atoms with Crippen LogP contribution in [0.4, 0.5) is 5.82 Å². The molecule has 3 fully saturated rings. The van der Waals surface area contributed by atoms with E-state index in [1.54, 1.807) is 13.4 Å². The Morgan fingerprint density at radius 2 is 2.00 bits per heavy atom. The molecule has 4 heterocycles. The van der Waals surface area contributed by atoms with Gasteiger partial charge in [0.25, 0.3) is 0 Å². The van der Waals surface area contributed by atoms with Crippen LogP contribution in [0.1, 0.15) is 32.9 Å². The van der Waals surface area contributed by atoms with Gasteiger partial charge in [-0.2, -0.15) is 5.06 Å². The summed E-state index contributed by atoms with van der Waals surface area (Å²) in [6.45, 7) is 4.22. The molecule has 0 unspecified atom stereocenters. The van der Waals surface area contributed by atoms with Crippen LogP contribution in [0.3, 0.4) is 0 Å². The van der Waals surface area contributed by atoms with Gasteiger partial charge in [-0.15, -0.1) is 0 Å². The first-order chi connectivity index (χ1) is 15.3. The molecule has 5 rings (SSSR count). The summed E-state index contributed by atoms with van der Waals surface area (Å²) in [5.74, 6) is -0.735. The van der Waals surface area contributed by atoms with E-state index in [2.05, 4.69) is 15.0 Å². The van der Waals surface area contributed by atoms with Gasteiger partial charge >= 0.3 is 5.97 Å². The van der Waals surface area contributed by atoms with Crippen LogP contribution in [0.25, 0.3) is 11.2 Å². The molecule has 4 atom stereocenters. The van der Waals surface area contributed by atoms with Gasteiger partial charge in [0.2, 0.25) is 0 Å². The number of nitrogens with two attached hydrogens (primary N) is 1. The first-order valence-corrected chi connectivity index (χ1v) is 10.6. The molecule has 0 amide bonds. The van der Waals surface area contributed by atoms with E-state index in [-0.39, 0.29) is 36.2 Å². The predicted octanol–water partition coefficient (Wildman–Crippen LogP) is 0.641. The maximum Gasteiger partial charge on any atom is 0.308 e. The van der Waals surface area contributed by atoms with E-state index < -0.39 is 12.0 Å². The van der Waals surface area contributed by atoms with Crippen LogP contribution >= 0.6 is 0 Å². The number of ether oxygens (including phenoxy) is 4. The van der Waals surface area contributed by atoms with Gasteiger partial charge in [0.05, 0.1) is 33.0 Å². The zero-order valence-corrected chi connectivity index (χ0v) is 18.5. The van der Waals surface area contributed by atoms with Crippen LogP contribution in [-0.4, -0.2) is 81.5 Å². The first-order valence-electron chi connectivity index (χ1n) is 10.6. The number of hydroxylamine groups is 2. The molecular weight excluding hydrogens is 420 g/mol. The van der Waals surface area contributed by atoms with Crippen LogP contribution in [0, 0.1) is 5.92 Å². The largest absolute Gasteiger partial charge is 0.469 e. The Balaban J connectivity index is 1.37. The van der Waals surface area contributed by atoms with Gasteiger partial charge in [-0.3, -0.25) is 9.36 Å². The van der Waals surface area contributed by atoms with Gasteiger partial charge in [-0.05, 0) is 26.7 Å². The zero-order valence-electron chi connectivity index (χ0n) is 18.5. The van der Waals surface area contributed by atoms with Crippen LogP contribution in [0.2, 0.25) is 0 Å². The molecule has 0 aromatic carbocycles. The SMILES string of the molecule is COC(=O)C1CC(N(C[C@H]2O[C@@H](n3cnc4c(N)ncnc43)[C@@H]3OC(C)(C)O[C@@H]32)OC)C1. The zero-order chi connectivity index (χ0) is 22.6. The van der Waals surface area contributed by atoms with E-state index in [0.29, 0.717) is 36.4 Å². The summed E-state index contributed by atoms with van der Waals surface area (Å²) < 4.78 is 25.5. The number of anilines is 1. The second-order valence-corrected chi connectivity index (χ2v) is 8.84. The summed E-state index contributed by atoms with van der Waals surface area (Å²) in [6.07, 6.45) is 2.86. The minimum atomic E-state index is -0.760. The number of hydrogen-bond donors (Lipinski definition) is 1. The summed E-state index contributed by atoms with van der Waals surface area (Å²) in [5, 5.41) is 1.85. The molecule has 174 valence electrons. The highest BCUT2D eigenvalue weighted by Crippen LogP contribution is 2.44. The summed E-state index contributed by atoms with van der Waals surface area (Å²) in [7, 11) is 3.03. The number of rotatable bonds is 6. The Kier molecular flexibility index (Phi) is 5.29. The van der Waals surface area contributed by atoms with Crippen LogP contribution in [0.15, 0.2) is 12.7 Å². The quantitative estimate of drug-likeness (QED) is 0.492. The third-order valence-corrected chi connectivity index (χ3v) is 6.44. The fourth-order valence-corrected chi connectivity index (χ4v) is 4.82. The lowest BCUT2D eigenvalue weighted by Gasteiger charge is -2.41. The Hall–Kier alpha value is -2.38. The van der Waals surface area contributed by atoms with Gasteiger partial charge < -0.3 is 29.5 Å². The maximum absolute atomic E-state index is 11.8. The summed E-state index contributed by atoms with van der Waals surface area (Å²) in [5.41, 5.74) is 7.03. The molecule has 2 aromatic heterocycles. The van der Waals surface area contributed by atoms with Gasteiger partial charge in [-0.25, -0.2) is 15.0 Å². The van der Waals surface area contributed by atoms with E-state index in [4.69, 9.17) is 29.5 Å². The standard InChI is InChI=1S/C20H28N6O6/c1-20(2)31-14-12(7-26(29-4)11-5-10(6-11)19(27)28-3)30-18(15(14)32-20)25-9-24-13-16(21)22-8-23-17(13)25/h8-12,14-15,18H,5-7H2,1-4H3,(H2,21,22,23)/t10?,11?,12-,14-,15-,18-/m1/s1. The van der Waals surface area contributed by atoms with E-state index in [1.807, 2.05) is 23.5 Å². The molecule has 2 N–H and O–H groups in total. The van der Waals surface area contributed by atoms with Crippen molar-refractivity contribution in [3.8, 4) is 0 Å². The Labute approximate surface area is 184 Å². The lowest BCUT2D eigenvalue weighted by atomic mass is 9.80. The molecule has 12 heteroatoms. The number of aromatic nitrogens is 4. The summed E-state index contributed by atoms with van der Waals surface area (Å²) >= 11 is 0. The molecule has 3 aliphatic rings. The van der Waals surface area contributed by atoms with Gasteiger partial charge in [0.15, 0.2) is 23.5 Å². The normalized spacial score (nSPS) is 33.4. The van der Waals surface area contributed by atoms with Crippen molar-refractivity contribution in [1.29, 1.82) is 0 Å². The molecule has 1 saturated carbocycles. The predicted molar refractivity (Wildman–Crippen MR) is 110 cm³/mol. The smallest absolute Gasteiger partial charge is 0.308 e. The number of imidazole rings is 1. The van der Waals surface area contributed by atoms with Crippen molar-refractivity contribution in [2.45, 2.75) is 63.1 Å². The average molecular weight is 448 g/mol. The Morgan fingerprint density at radius 3 is 2.72 bits per heavy atom. The highest BCUT2D eigenvalue weighted by Gasteiger charge is 2.57. The molecule has 0 spiro atoms. The molecule has 2 aliphatic heterocycles. The number of nitrogens with zero attached hydrogens (tertiary/aromatic N) is 5. The minimum Gasteiger partial charge on any atom is -0.469 e. The van der Waals surface area contributed by atoms with Crippen molar-refractivity contribution >= 4 is 23.0 Å². The average Bonchev–Trinajstić information content (AvgIpc) is 3.38. The van der Waals surface area contributed by atoms with Crippen molar-refractivity contribution in [2.24, 2.45) is 5.92 Å². The second-order valence-electron chi connectivity index (χ2n) is 8.84. The number of methoxy groups -OCH3 is 1. The van der Waals surface area contributed by atoms with E-state index >= 15 is 0 Å². The molecule has 32 heavy (non-hydrogen) atoms. The highest BCUT2D eigenvalue weighted by molar-refractivity contribution is 5.81. The van der Waals surface area contributed by atoms with Gasteiger partial charge in [0.1, 0.15) is 30.2 Å². The third-order valence-electron chi connectivity index (χ3n) is 6.44. The van der Waals surface area contributed by atoms with E-state index in [9.17, 15) is 4.79 Å². The second kappa shape index (κ2) is 7.89. The molecule has 2 saturated heterocycles. The molecular formula is C20H28N6O6. The molecule has 0 radical (unpaired) electrons. The maximum atomic E-state index is 11.8. The van der Waals surface area contributed by atoms with E-state index in [0.717, 1.165) is 0 Å². The van der Waals surface area contributed by atoms with Crippen LogP contribution in [-0.2, 0) is 28.6 Å². The number of nitrogen functional groups attached to an aromatic ring is 1. The van der Waals surface area contributed by atoms with E-state index in [1.165, 1.54) is 13.4 Å². The van der Waals surface area contributed by atoms with Gasteiger partial charge in [0, 0.05) is 6.04 Å². The molecule has 0 bridgehead atoms. The minimum absolute atomic E-state index is 0.0971. The lowest BCUT2D eigenvalue weighted by Crippen LogP contribution is -2.50. The Bertz CT molecular complexity index is 1010. The number of hydrogen-bond acceptors (Lipinski definition) is 11. The lowest BCUT2D eigenvalue weighted by molar-refractivity contribution is -0.231. The first kappa shape index (κ1) is 21.5. The number of carbonyl (C=O) groups is 1. The highest BCUT2D eigenvalue weighted by atomic mass is 16.8. The van der Waals surface area contributed by atoms with Crippen LogP contribution < -0.4 is 5.73 Å². The number of esters is 1. The number of carbonyl (C=O) groups excluding carboxylic acids is 1. The van der Waals surface area contributed by atoms with Crippen molar-refractivity contribution in [1.82, 2.24) is 24.6 Å². The monoisotopic (exact) mass is 448 g/mol. The number of fused-ring (bicyclic) bond motifs is 2. The molecule has 12 nitrogen and oxygen atoms in total. The third kappa shape index (κ3) is 3.52. The molecule has 1 aliphatic carbocycles. The van der Waals surface area contributed by atoms with Crippen molar-refractivity contribution in [3.05, 3.63) is 12.7 Å². The fourth-order valence-electron chi connectivity index (χ4n) is 4.82. The van der Waals surface area contributed by atoms with Gasteiger partial charge in [-0.1, -0.05) is 0 Å². The topological polar surface area (TPSA) is 136 Å². The summed E-state index contributed by atoms with van der Waals surface area (Å²) in [6, 6.07) is 0.0992. The summed E-state index contributed by atoms with van der Waals surface area (Å²) in [4.78, 5) is 30.1.